The van der Waals surface area contributed by atoms with Gasteiger partial charge in [-0.2, -0.15) is 0 Å². The Labute approximate surface area is 144 Å². The number of hydrogen-bond acceptors (Lipinski definition) is 4. The Bertz CT molecular complexity index is 844. The van der Waals surface area contributed by atoms with Crippen LogP contribution in [0.1, 0.15) is 17.5 Å². The number of ether oxygens (including phenoxy) is 2. The molecule has 0 aromatic heterocycles. The number of rotatable bonds is 1. The van der Waals surface area contributed by atoms with Gasteiger partial charge in [-0.15, -0.1) is 0 Å². The standard InChI is InChI=1S/C19H18FNO4/c1-24-17-10-19-5-6-21(18(23)25-2)15(14(19)9-16(17)22)7-11-3-4-12(20)8-13(11)19/h3-4,8-10,15H,5-7H2,1-2H3/t15-,19+/m0/s1. The molecule has 1 heterocycles. The molecule has 1 amide bonds. The first-order valence-electron chi connectivity index (χ1n) is 8.17. The number of methoxy groups -OCH3 is 2. The van der Waals surface area contributed by atoms with Gasteiger partial charge < -0.3 is 14.4 Å². The first-order valence-corrected chi connectivity index (χ1v) is 8.17. The molecule has 2 atom stereocenters. The number of piperidine rings is 1. The van der Waals surface area contributed by atoms with E-state index in [4.69, 9.17) is 9.47 Å². The topological polar surface area (TPSA) is 55.8 Å². The zero-order valence-electron chi connectivity index (χ0n) is 14.0. The van der Waals surface area contributed by atoms with Gasteiger partial charge in [0.05, 0.1) is 20.3 Å². The fourth-order valence-corrected chi connectivity index (χ4v) is 4.38. The molecule has 1 fully saturated rings. The number of fused-ring (bicyclic) bond motifs is 1. The van der Waals surface area contributed by atoms with E-state index in [-0.39, 0.29) is 23.4 Å². The summed E-state index contributed by atoms with van der Waals surface area (Å²) in [6.45, 7) is 0.465. The maximum atomic E-state index is 14.0. The molecule has 0 N–H and O–H groups in total. The Morgan fingerprint density at radius 3 is 2.88 bits per heavy atom. The minimum Gasteiger partial charge on any atom is -0.493 e. The van der Waals surface area contributed by atoms with E-state index in [1.54, 1.807) is 23.1 Å². The highest BCUT2D eigenvalue weighted by Gasteiger charge is 2.52. The molecule has 130 valence electrons. The minimum absolute atomic E-state index is 0.232. The average Bonchev–Trinajstić information content (AvgIpc) is 2.61. The van der Waals surface area contributed by atoms with Crippen molar-refractivity contribution in [1.29, 1.82) is 0 Å². The van der Waals surface area contributed by atoms with E-state index in [9.17, 15) is 14.0 Å². The fourth-order valence-electron chi connectivity index (χ4n) is 4.38. The summed E-state index contributed by atoms with van der Waals surface area (Å²) in [6.07, 6.45) is 4.00. The van der Waals surface area contributed by atoms with Crippen molar-refractivity contribution in [3.63, 3.8) is 0 Å². The summed E-state index contributed by atoms with van der Waals surface area (Å²) in [5.41, 5.74) is 2.01. The molecule has 0 radical (unpaired) electrons. The molecule has 6 heteroatoms. The molecule has 0 unspecified atom stereocenters. The summed E-state index contributed by atoms with van der Waals surface area (Å²) in [4.78, 5) is 26.2. The molecule has 0 saturated carbocycles. The molecule has 1 aromatic rings. The van der Waals surface area contributed by atoms with E-state index in [0.717, 1.165) is 16.7 Å². The number of carbonyl (C=O) groups excluding carboxylic acids is 2. The van der Waals surface area contributed by atoms with Crippen LogP contribution in [0.4, 0.5) is 9.18 Å². The zero-order valence-corrected chi connectivity index (χ0v) is 14.0. The molecule has 3 aliphatic rings. The van der Waals surface area contributed by atoms with Gasteiger partial charge in [0.2, 0.25) is 5.78 Å². The molecule has 1 saturated heterocycles. The minimum atomic E-state index is -0.621. The predicted octanol–water partition coefficient (Wildman–Crippen LogP) is 2.50. The Hall–Kier alpha value is -2.63. The molecular formula is C19H18FNO4. The number of carbonyl (C=O) groups is 2. The quantitative estimate of drug-likeness (QED) is 0.786. The number of hydrogen-bond donors (Lipinski definition) is 0. The third-order valence-electron chi connectivity index (χ3n) is 5.50. The summed E-state index contributed by atoms with van der Waals surface area (Å²) >= 11 is 0. The van der Waals surface area contributed by atoms with Crippen molar-refractivity contribution in [2.45, 2.75) is 24.3 Å². The molecular weight excluding hydrogens is 325 g/mol. The van der Waals surface area contributed by atoms with Crippen LogP contribution in [0.3, 0.4) is 0 Å². The lowest BCUT2D eigenvalue weighted by molar-refractivity contribution is -0.114. The van der Waals surface area contributed by atoms with Gasteiger partial charge in [-0.05, 0) is 53.8 Å². The second kappa shape index (κ2) is 5.44. The van der Waals surface area contributed by atoms with Gasteiger partial charge in [-0.1, -0.05) is 6.07 Å². The van der Waals surface area contributed by atoms with Crippen molar-refractivity contribution < 1.29 is 23.5 Å². The maximum Gasteiger partial charge on any atom is 0.409 e. The van der Waals surface area contributed by atoms with Crippen molar-refractivity contribution in [2.24, 2.45) is 0 Å². The van der Waals surface area contributed by atoms with Crippen LogP contribution in [0.5, 0.6) is 0 Å². The van der Waals surface area contributed by atoms with Crippen LogP contribution in [-0.4, -0.2) is 43.6 Å². The van der Waals surface area contributed by atoms with Crippen molar-refractivity contribution in [3.05, 3.63) is 58.6 Å². The molecule has 1 aliphatic heterocycles. The molecule has 2 bridgehead atoms. The summed E-state index contributed by atoms with van der Waals surface area (Å²) in [5.74, 6) is -0.290. The van der Waals surface area contributed by atoms with Crippen LogP contribution in [0.15, 0.2) is 41.7 Å². The van der Waals surface area contributed by atoms with Gasteiger partial charge in [0.25, 0.3) is 0 Å². The largest absolute Gasteiger partial charge is 0.493 e. The lowest BCUT2D eigenvalue weighted by Gasteiger charge is -2.52. The van der Waals surface area contributed by atoms with Crippen molar-refractivity contribution in [2.75, 3.05) is 20.8 Å². The summed E-state index contributed by atoms with van der Waals surface area (Å²) in [7, 11) is 2.80. The van der Waals surface area contributed by atoms with E-state index < -0.39 is 11.5 Å². The maximum absolute atomic E-state index is 14.0. The predicted molar refractivity (Wildman–Crippen MR) is 87.5 cm³/mol. The first kappa shape index (κ1) is 15.9. The third-order valence-corrected chi connectivity index (χ3v) is 5.50. The Kier molecular flexibility index (Phi) is 3.45. The Morgan fingerprint density at radius 2 is 2.16 bits per heavy atom. The Balaban J connectivity index is 1.95. The highest BCUT2D eigenvalue weighted by molar-refractivity contribution is 6.05. The summed E-state index contributed by atoms with van der Waals surface area (Å²) in [6, 6.07) is 4.44. The second-order valence-corrected chi connectivity index (χ2v) is 6.58. The number of nitrogens with zero attached hydrogens (tertiary/aromatic N) is 1. The number of amides is 1. The van der Waals surface area contributed by atoms with Crippen LogP contribution in [0.2, 0.25) is 0 Å². The van der Waals surface area contributed by atoms with Gasteiger partial charge in [0, 0.05) is 12.0 Å². The molecule has 25 heavy (non-hydrogen) atoms. The smallest absolute Gasteiger partial charge is 0.409 e. The number of likely N-dealkylation sites (tertiary alicyclic amines) is 1. The van der Waals surface area contributed by atoms with Crippen LogP contribution < -0.4 is 0 Å². The lowest BCUT2D eigenvalue weighted by Crippen LogP contribution is -2.57. The fraction of sp³-hybridized carbons (Fsp3) is 0.368. The number of benzene rings is 1. The highest BCUT2D eigenvalue weighted by atomic mass is 19.1. The van der Waals surface area contributed by atoms with Gasteiger partial charge in [-0.3, -0.25) is 4.79 Å². The van der Waals surface area contributed by atoms with Crippen molar-refractivity contribution in [1.82, 2.24) is 4.90 Å². The molecule has 1 aromatic carbocycles. The monoisotopic (exact) mass is 343 g/mol. The second-order valence-electron chi connectivity index (χ2n) is 6.58. The van der Waals surface area contributed by atoms with E-state index >= 15 is 0 Å². The van der Waals surface area contributed by atoms with E-state index in [1.807, 2.05) is 0 Å². The van der Waals surface area contributed by atoms with Crippen molar-refractivity contribution in [3.8, 4) is 0 Å². The summed E-state index contributed by atoms with van der Waals surface area (Å²) < 4.78 is 24.1. The average molecular weight is 343 g/mol. The zero-order chi connectivity index (χ0) is 17.8. The SMILES string of the molecule is COC(=O)N1CC[C@]23C=C(OC)C(=O)C=C2[C@@H]1Cc1ccc(F)cc13. The van der Waals surface area contributed by atoms with Gasteiger partial charge in [0.15, 0.2) is 5.76 Å². The van der Waals surface area contributed by atoms with Crippen LogP contribution in [0.25, 0.3) is 0 Å². The van der Waals surface area contributed by atoms with Crippen LogP contribution in [0, 0.1) is 5.82 Å². The Morgan fingerprint density at radius 1 is 1.36 bits per heavy atom. The molecule has 2 aliphatic carbocycles. The first-order chi connectivity index (χ1) is 12.0. The number of allylic oxidation sites excluding steroid dienone is 2. The third kappa shape index (κ3) is 2.13. The highest BCUT2D eigenvalue weighted by Crippen LogP contribution is 2.52. The number of halogens is 1. The van der Waals surface area contributed by atoms with Gasteiger partial charge in [-0.25, -0.2) is 9.18 Å². The molecule has 0 spiro atoms. The van der Waals surface area contributed by atoms with Crippen molar-refractivity contribution >= 4 is 11.9 Å². The molecule has 4 rings (SSSR count). The number of ketones is 1. The van der Waals surface area contributed by atoms with Crippen LogP contribution in [-0.2, 0) is 26.1 Å². The van der Waals surface area contributed by atoms with E-state index in [1.165, 1.54) is 26.4 Å². The van der Waals surface area contributed by atoms with E-state index in [0.29, 0.717) is 19.4 Å². The van der Waals surface area contributed by atoms with E-state index in [2.05, 4.69) is 0 Å². The van der Waals surface area contributed by atoms with Crippen LogP contribution >= 0.6 is 0 Å². The summed E-state index contributed by atoms with van der Waals surface area (Å²) in [5, 5.41) is 0. The molecule has 5 nitrogen and oxygen atoms in total. The van der Waals surface area contributed by atoms with Gasteiger partial charge >= 0.3 is 6.09 Å². The lowest BCUT2D eigenvalue weighted by atomic mass is 9.59. The normalized spacial score (nSPS) is 26.9. The van der Waals surface area contributed by atoms with Gasteiger partial charge in [0.1, 0.15) is 5.82 Å².